The van der Waals surface area contributed by atoms with Gasteiger partial charge >= 0.3 is 0 Å². The van der Waals surface area contributed by atoms with Crippen molar-refractivity contribution in [3.05, 3.63) is 16.5 Å². The quantitative estimate of drug-likeness (QED) is 0.813. The molecular weight excluding hydrogens is 280 g/mol. The molecule has 110 valence electrons. The molecule has 0 amide bonds. The second-order valence-electron chi connectivity index (χ2n) is 5.11. The van der Waals surface area contributed by atoms with E-state index in [1.54, 1.807) is 6.07 Å². The topological polar surface area (TPSA) is 58.2 Å². The Labute approximate surface area is 120 Å². The van der Waals surface area contributed by atoms with Gasteiger partial charge in [0.25, 0.3) is 0 Å². The van der Waals surface area contributed by atoms with E-state index in [9.17, 15) is 8.42 Å². The Balaban J connectivity index is 2.90. The Kier molecular flexibility index (Phi) is 5.98. The van der Waals surface area contributed by atoms with Crippen molar-refractivity contribution < 1.29 is 8.42 Å². The fourth-order valence-electron chi connectivity index (χ4n) is 1.47. The Hall–Kier alpha value is -0.430. The Morgan fingerprint density at radius 2 is 1.95 bits per heavy atom. The number of sulfonamides is 1. The molecule has 0 aliphatic heterocycles. The maximum absolute atomic E-state index is 12.3. The SMILES string of the molecule is CCNCc1sc(S(=O)(=O)NC(C)C(C)C)cc1C. The van der Waals surface area contributed by atoms with E-state index in [1.165, 1.54) is 11.3 Å². The molecule has 0 saturated carbocycles. The molecule has 1 aromatic heterocycles. The Bertz CT molecular complexity index is 507. The van der Waals surface area contributed by atoms with Crippen LogP contribution in [0.5, 0.6) is 0 Å². The lowest BCUT2D eigenvalue weighted by atomic mass is 10.1. The normalized spacial score (nSPS) is 14.0. The molecule has 0 aliphatic carbocycles. The predicted molar refractivity (Wildman–Crippen MR) is 81.1 cm³/mol. The van der Waals surface area contributed by atoms with Crippen LogP contribution < -0.4 is 10.0 Å². The van der Waals surface area contributed by atoms with Gasteiger partial charge in [0.05, 0.1) is 0 Å². The van der Waals surface area contributed by atoms with Crippen LogP contribution in [0.2, 0.25) is 0 Å². The van der Waals surface area contributed by atoms with Gasteiger partial charge in [0, 0.05) is 17.5 Å². The fourth-order valence-corrected chi connectivity index (χ4v) is 4.44. The lowest BCUT2D eigenvalue weighted by molar-refractivity contribution is 0.477. The lowest BCUT2D eigenvalue weighted by Gasteiger charge is -2.16. The highest BCUT2D eigenvalue weighted by molar-refractivity contribution is 7.91. The molecule has 6 heteroatoms. The van der Waals surface area contributed by atoms with E-state index in [0.29, 0.717) is 4.21 Å². The van der Waals surface area contributed by atoms with Gasteiger partial charge in [-0.3, -0.25) is 0 Å². The third-order valence-electron chi connectivity index (χ3n) is 3.14. The van der Waals surface area contributed by atoms with Gasteiger partial charge in [0.1, 0.15) is 4.21 Å². The summed E-state index contributed by atoms with van der Waals surface area (Å²) < 4.78 is 27.7. The molecule has 1 unspecified atom stereocenters. The van der Waals surface area contributed by atoms with Gasteiger partial charge in [-0.15, -0.1) is 11.3 Å². The van der Waals surface area contributed by atoms with Gasteiger partial charge in [-0.1, -0.05) is 20.8 Å². The molecule has 1 aromatic rings. The number of aryl methyl sites for hydroxylation is 1. The van der Waals surface area contributed by atoms with Gasteiger partial charge in [0.2, 0.25) is 10.0 Å². The van der Waals surface area contributed by atoms with Gasteiger partial charge in [-0.2, -0.15) is 0 Å². The highest BCUT2D eigenvalue weighted by Crippen LogP contribution is 2.26. The van der Waals surface area contributed by atoms with Crippen molar-refractivity contribution in [3.63, 3.8) is 0 Å². The average Bonchev–Trinajstić information content (AvgIpc) is 2.68. The van der Waals surface area contributed by atoms with Crippen molar-refractivity contribution in [2.45, 2.75) is 51.4 Å². The van der Waals surface area contributed by atoms with Gasteiger partial charge < -0.3 is 5.32 Å². The molecule has 2 N–H and O–H groups in total. The van der Waals surface area contributed by atoms with Crippen LogP contribution in [0.1, 0.15) is 38.1 Å². The van der Waals surface area contributed by atoms with Crippen LogP contribution >= 0.6 is 11.3 Å². The van der Waals surface area contributed by atoms with Crippen molar-refractivity contribution >= 4 is 21.4 Å². The summed E-state index contributed by atoms with van der Waals surface area (Å²) in [5, 5.41) is 3.22. The zero-order chi connectivity index (χ0) is 14.6. The second-order valence-corrected chi connectivity index (χ2v) is 8.18. The highest BCUT2D eigenvalue weighted by atomic mass is 32.2. The summed E-state index contributed by atoms with van der Waals surface area (Å²) in [5.74, 6) is 0.275. The molecule has 1 rings (SSSR count). The molecule has 0 spiro atoms. The van der Waals surface area contributed by atoms with Crippen LogP contribution in [0.4, 0.5) is 0 Å². The zero-order valence-corrected chi connectivity index (χ0v) is 13.9. The summed E-state index contributed by atoms with van der Waals surface area (Å²) in [4.78, 5) is 1.08. The molecule has 0 aliphatic rings. The lowest BCUT2D eigenvalue weighted by Crippen LogP contribution is -2.35. The minimum absolute atomic E-state index is 0.0652. The number of nitrogens with one attached hydrogen (secondary N) is 2. The van der Waals surface area contributed by atoms with Crippen molar-refractivity contribution in [2.24, 2.45) is 5.92 Å². The van der Waals surface area contributed by atoms with Crippen LogP contribution in [0.25, 0.3) is 0 Å². The van der Waals surface area contributed by atoms with Crippen LogP contribution in [0, 0.1) is 12.8 Å². The van der Waals surface area contributed by atoms with Gasteiger partial charge in [0.15, 0.2) is 0 Å². The van der Waals surface area contributed by atoms with E-state index >= 15 is 0 Å². The van der Waals surface area contributed by atoms with E-state index in [-0.39, 0.29) is 12.0 Å². The first-order valence-corrected chi connectivity index (χ1v) is 8.90. The molecule has 0 saturated heterocycles. The summed E-state index contributed by atoms with van der Waals surface area (Å²) in [6.07, 6.45) is 0. The first kappa shape index (κ1) is 16.6. The van der Waals surface area contributed by atoms with Crippen molar-refractivity contribution in [1.29, 1.82) is 0 Å². The summed E-state index contributed by atoms with van der Waals surface area (Å²) >= 11 is 1.35. The van der Waals surface area contributed by atoms with Crippen LogP contribution in [-0.4, -0.2) is 21.0 Å². The molecule has 0 radical (unpaired) electrons. The average molecular weight is 304 g/mol. The summed E-state index contributed by atoms with van der Waals surface area (Å²) in [6, 6.07) is 1.69. The first-order chi connectivity index (χ1) is 8.77. The summed E-state index contributed by atoms with van der Waals surface area (Å²) in [7, 11) is -3.39. The molecule has 0 bridgehead atoms. The minimum atomic E-state index is -3.39. The van der Waals surface area contributed by atoms with E-state index in [2.05, 4.69) is 10.0 Å². The Morgan fingerprint density at radius 3 is 2.47 bits per heavy atom. The summed E-state index contributed by atoms with van der Waals surface area (Å²) in [6.45, 7) is 11.5. The van der Waals surface area contributed by atoms with E-state index < -0.39 is 10.0 Å². The molecular formula is C13H24N2O2S2. The molecule has 19 heavy (non-hydrogen) atoms. The van der Waals surface area contributed by atoms with E-state index in [4.69, 9.17) is 0 Å². The molecule has 0 fully saturated rings. The van der Waals surface area contributed by atoms with Gasteiger partial charge in [-0.05, 0) is 37.9 Å². The minimum Gasteiger partial charge on any atom is -0.312 e. The van der Waals surface area contributed by atoms with E-state index in [1.807, 2.05) is 34.6 Å². The van der Waals surface area contributed by atoms with Crippen LogP contribution in [0.3, 0.4) is 0 Å². The first-order valence-electron chi connectivity index (χ1n) is 6.60. The van der Waals surface area contributed by atoms with Crippen molar-refractivity contribution in [3.8, 4) is 0 Å². The maximum Gasteiger partial charge on any atom is 0.250 e. The molecule has 4 nitrogen and oxygen atoms in total. The number of thiophene rings is 1. The standard InChI is InChI=1S/C13H24N2O2S2/c1-6-14-8-12-10(4)7-13(18-12)19(16,17)15-11(5)9(2)3/h7,9,11,14-15H,6,8H2,1-5H3. The molecule has 0 aromatic carbocycles. The zero-order valence-electron chi connectivity index (χ0n) is 12.3. The maximum atomic E-state index is 12.3. The van der Waals surface area contributed by atoms with Crippen molar-refractivity contribution in [2.75, 3.05) is 6.54 Å². The molecule has 1 atom stereocenters. The fraction of sp³-hybridized carbons (Fsp3) is 0.692. The highest BCUT2D eigenvalue weighted by Gasteiger charge is 2.22. The number of hydrogen-bond donors (Lipinski definition) is 2. The van der Waals surface area contributed by atoms with Crippen LogP contribution in [-0.2, 0) is 16.6 Å². The smallest absolute Gasteiger partial charge is 0.250 e. The van der Waals surface area contributed by atoms with Crippen molar-refractivity contribution in [1.82, 2.24) is 10.0 Å². The number of hydrogen-bond acceptors (Lipinski definition) is 4. The third kappa shape index (κ3) is 4.56. The monoisotopic (exact) mass is 304 g/mol. The van der Waals surface area contributed by atoms with Gasteiger partial charge in [-0.25, -0.2) is 13.1 Å². The Morgan fingerprint density at radius 1 is 1.32 bits per heavy atom. The molecule has 1 heterocycles. The van der Waals surface area contributed by atoms with E-state index in [0.717, 1.165) is 23.5 Å². The predicted octanol–water partition coefficient (Wildman–Crippen LogP) is 2.49. The second kappa shape index (κ2) is 6.83. The van der Waals surface area contributed by atoms with Crippen LogP contribution in [0.15, 0.2) is 10.3 Å². The third-order valence-corrected chi connectivity index (χ3v) is 6.41. The summed E-state index contributed by atoms with van der Waals surface area (Å²) in [5.41, 5.74) is 1.03. The number of rotatable bonds is 7. The largest absolute Gasteiger partial charge is 0.312 e.